The molecule has 0 radical (unpaired) electrons. The zero-order valence-electron chi connectivity index (χ0n) is 13.9. The number of carboxylic acids is 1. The maximum Gasteiger partial charge on any atom is 0.338 e. The molecule has 4 unspecified atom stereocenters. The number of anilines is 1. The summed E-state index contributed by atoms with van der Waals surface area (Å²) in [5.41, 5.74) is 1.11. The number of phenolic OH excluding ortho intramolecular Hbond substituents is 2. The van der Waals surface area contributed by atoms with Crippen LogP contribution in [0.3, 0.4) is 0 Å². The number of hydrogen-bond acceptors (Lipinski definition) is 8. The topological polar surface area (TPSA) is 122 Å². The molecule has 9 nitrogen and oxygen atoms in total. The van der Waals surface area contributed by atoms with E-state index >= 15 is 0 Å². The van der Waals surface area contributed by atoms with Gasteiger partial charge in [-0.2, -0.15) is 5.01 Å². The highest BCUT2D eigenvalue weighted by atomic mass is 16.5. The number of hydrazine groups is 3. The Labute approximate surface area is 148 Å². The third-order valence-corrected chi connectivity index (χ3v) is 4.77. The number of phenols is 2. The minimum Gasteiger partial charge on any atom is -0.508 e. The number of benzene rings is 2. The monoisotopic (exact) mass is 358 g/mol. The minimum atomic E-state index is -1.17. The van der Waals surface area contributed by atoms with Gasteiger partial charge in [0.05, 0.1) is 24.4 Å². The molecule has 2 aromatic carbocycles. The number of carbonyl (C=O) groups is 1. The third kappa shape index (κ3) is 2.41. The molecule has 26 heavy (non-hydrogen) atoms. The van der Waals surface area contributed by atoms with Crippen LogP contribution in [-0.4, -0.2) is 44.7 Å². The normalized spacial score (nSPS) is 25.8. The molecule has 0 amide bonds. The van der Waals surface area contributed by atoms with Crippen molar-refractivity contribution < 1.29 is 24.9 Å². The Morgan fingerprint density at radius 2 is 2.04 bits per heavy atom. The van der Waals surface area contributed by atoms with Crippen molar-refractivity contribution in [3.8, 4) is 17.2 Å². The fraction of sp³-hybridized carbons (Fsp3) is 0.235. The Morgan fingerprint density at radius 3 is 2.69 bits per heavy atom. The Morgan fingerprint density at radius 1 is 1.27 bits per heavy atom. The highest BCUT2D eigenvalue weighted by Gasteiger charge is 2.63. The summed E-state index contributed by atoms with van der Waals surface area (Å²) in [5, 5.41) is 33.8. The van der Waals surface area contributed by atoms with E-state index in [0.29, 0.717) is 5.75 Å². The van der Waals surface area contributed by atoms with Crippen molar-refractivity contribution in [3.05, 3.63) is 47.5 Å². The van der Waals surface area contributed by atoms with Crippen molar-refractivity contribution >= 4 is 11.7 Å². The predicted octanol–water partition coefficient (Wildman–Crippen LogP) is 1.40. The number of rotatable bonds is 5. The first-order valence-corrected chi connectivity index (χ1v) is 7.97. The van der Waals surface area contributed by atoms with Crippen molar-refractivity contribution in [2.45, 2.75) is 18.6 Å². The SMILES string of the molecule is COc1ccc(C2CC3N2N3N(N)c2ccc(O)cc2C(=O)O)cc1O. The first-order valence-electron chi connectivity index (χ1n) is 7.97. The maximum atomic E-state index is 11.4. The summed E-state index contributed by atoms with van der Waals surface area (Å²) in [4.78, 5) is 11.4. The van der Waals surface area contributed by atoms with Crippen LogP contribution in [0.25, 0.3) is 0 Å². The molecule has 5 N–H and O–H groups in total. The molecular weight excluding hydrogens is 340 g/mol. The highest BCUT2D eigenvalue weighted by Crippen LogP contribution is 2.54. The number of nitrogens with zero attached hydrogens (tertiary/aromatic N) is 3. The zero-order chi connectivity index (χ0) is 18.6. The number of fused-ring (bicyclic) bond motifs is 1. The van der Waals surface area contributed by atoms with E-state index < -0.39 is 5.97 Å². The fourth-order valence-electron chi connectivity index (χ4n) is 3.40. The summed E-state index contributed by atoms with van der Waals surface area (Å²) in [6.45, 7) is 0. The zero-order valence-corrected chi connectivity index (χ0v) is 13.9. The van der Waals surface area contributed by atoms with E-state index in [4.69, 9.17) is 10.6 Å². The van der Waals surface area contributed by atoms with E-state index in [-0.39, 0.29) is 35.0 Å². The lowest BCUT2D eigenvalue weighted by Crippen LogP contribution is -2.39. The molecule has 2 aromatic rings. The number of ether oxygens (including phenoxy) is 1. The highest BCUT2D eigenvalue weighted by molar-refractivity contribution is 5.94. The number of nitrogens with two attached hydrogens (primary N) is 1. The summed E-state index contributed by atoms with van der Waals surface area (Å²) in [6, 6.07) is 9.28. The Kier molecular flexibility index (Phi) is 3.65. The van der Waals surface area contributed by atoms with Gasteiger partial charge in [-0.3, -0.25) is 0 Å². The smallest absolute Gasteiger partial charge is 0.338 e. The molecular formula is C17H18N4O5. The van der Waals surface area contributed by atoms with Crippen LogP contribution in [0.4, 0.5) is 5.69 Å². The average molecular weight is 358 g/mol. The van der Waals surface area contributed by atoms with Crippen LogP contribution in [0, 0.1) is 0 Å². The van der Waals surface area contributed by atoms with Gasteiger partial charge in [-0.05, 0) is 35.9 Å². The van der Waals surface area contributed by atoms with E-state index in [2.05, 4.69) is 0 Å². The van der Waals surface area contributed by atoms with Crippen molar-refractivity contribution in [1.82, 2.24) is 10.1 Å². The van der Waals surface area contributed by atoms with E-state index in [1.54, 1.807) is 17.3 Å². The van der Waals surface area contributed by atoms with Gasteiger partial charge >= 0.3 is 5.97 Å². The molecule has 4 rings (SSSR count). The summed E-state index contributed by atoms with van der Waals surface area (Å²) < 4.78 is 5.05. The number of aromatic carboxylic acids is 1. The summed E-state index contributed by atoms with van der Waals surface area (Å²) in [7, 11) is 1.49. The van der Waals surface area contributed by atoms with Crippen molar-refractivity contribution in [2.24, 2.45) is 5.84 Å². The van der Waals surface area contributed by atoms with E-state index in [0.717, 1.165) is 18.1 Å². The van der Waals surface area contributed by atoms with Gasteiger partial charge in [-0.25, -0.2) is 15.8 Å². The lowest BCUT2D eigenvalue weighted by molar-refractivity contribution is 0.0696. The number of methoxy groups -OCH3 is 1. The molecule has 2 heterocycles. The minimum absolute atomic E-state index is 0.0354. The van der Waals surface area contributed by atoms with Crippen LogP contribution < -0.4 is 15.7 Å². The molecule has 0 bridgehead atoms. The average Bonchev–Trinajstić information content (AvgIpc) is 3.18. The summed E-state index contributed by atoms with van der Waals surface area (Å²) in [5.74, 6) is 5.29. The molecule has 136 valence electrons. The largest absolute Gasteiger partial charge is 0.508 e. The van der Waals surface area contributed by atoms with E-state index in [9.17, 15) is 20.1 Å². The molecule has 2 fully saturated rings. The van der Waals surface area contributed by atoms with Crippen molar-refractivity contribution in [3.63, 3.8) is 0 Å². The second-order valence-corrected chi connectivity index (χ2v) is 6.21. The first kappa shape index (κ1) is 16.5. The second-order valence-electron chi connectivity index (χ2n) is 6.21. The summed E-state index contributed by atoms with van der Waals surface area (Å²) in [6.07, 6.45) is 0.865. The van der Waals surface area contributed by atoms with Gasteiger partial charge < -0.3 is 20.1 Å². The van der Waals surface area contributed by atoms with Crippen LogP contribution in [0.15, 0.2) is 36.4 Å². The van der Waals surface area contributed by atoms with Crippen LogP contribution in [0.5, 0.6) is 17.2 Å². The number of hydrogen-bond donors (Lipinski definition) is 4. The maximum absolute atomic E-state index is 11.4. The molecule has 0 aromatic heterocycles. The standard InChI is InChI=1S/C17H18N4O5/c1-26-15-5-2-9(6-14(15)23)13-8-16-19(13)21(16)20(18)12-4-3-10(22)7-11(12)17(24)25/h2-7,13,16,22-23H,8,18H2,1H3,(H,24,25). The molecule has 2 saturated heterocycles. The fourth-order valence-corrected chi connectivity index (χ4v) is 3.40. The van der Waals surface area contributed by atoms with Gasteiger partial charge in [0, 0.05) is 6.42 Å². The van der Waals surface area contributed by atoms with Gasteiger partial charge in [0.1, 0.15) is 11.9 Å². The molecule has 0 spiro atoms. The quantitative estimate of drug-likeness (QED) is 0.357. The van der Waals surface area contributed by atoms with Crippen LogP contribution in [-0.2, 0) is 0 Å². The predicted molar refractivity (Wildman–Crippen MR) is 91.2 cm³/mol. The van der Waals surface area contributed by atoms with Gasteiger partial charge in [0.2, 0.25) is 0 Å². The molecule has 0 saturated carbocycles. The lowest BCUT2D eigenvalue weighted by Gasteiger charge is -2.25. The van der Waals surface area contributed by atoms with Gasteiger partial charge in [0.15, 0.2) is 11.5 Å². The second kappa shape index (κ2) is 5.77. The number of carboxylic acid groups (broad SMARTS) is 1. The lowest BCUT2D eigenvalue weighted by atomic mass is 9.97. The number of aromatic hydroxyl groups is 2. The van der Waals surface area contributed by atoms with Crippen molar-refractivity contribution in [2.75, 3.05) is 12.2 Å². The molecule has 9 heteroatoms. The molecule has 2 aliphatic rings. The van der Waals surface area contributed by atoms with Crippen molar-refractivity contribution in [1.29, 1.82) is 0 Å². The molecule has 2 aliphatic heterocycles. The van der Waals surface area contributed by atoms with E-state index in [1.165, 1.54) is 24.4 Å². The Bertz CT molecular complexity index is 889. The van der Waals surface area contributed by atoms with Gasteiger partial charge in [0.25, 0.3) is 0 Å². The Balaban J connectivity index is 1.54. The summed E-state index contributed by atoms with van der Waals surface area (Å²) >= 11 is 0. The van der Waals surface area contributed by atoms with Crippen LogP contribution >= 0.6 is 0 Å². The third-order valence-electron chi connectivity index (χ3n) is 4.77. The molecule has 0 aliphatic carbocycles. The van der Waals surface area contributed by atoms with Gasteiger partial charge in [-0.15, -0.1) is 5.12 Å². The van der Waals surface area contributed by atoms with Crippen LogP contribution in [0.2, 0.25) is 0 Å². The first-order chi connectivity index (χ1) is 12.4. The molecule has 4 atom stereocenters. The van der Waals surface area contributed by atoms with Crippen LogP contribution in [0.1, 0.15) is 28.4 Å². The van der Waals surface area contributed by atoms with E-state index in [1.807, 2.05) is 11.1 Å². The van der Waals surface area contributed by atoms with Gasteiger partial charge in [-0.1, -0.05) is 6.07 Å². The Hall–Kier alpha value is -3.01.